The highest BCUT2D eigenvalue weighted by molar-refractivity contribution is 14.0. The maximum Gasteiger partial charge on any atom is 0.216 e. The summed E-state index contributed by atoms with van der Waals surface area (Å²) in [5.74, 6) is 3.83. The number of hydrogen-bond donors (Lipinski definition) is 3. The third kappa shape index (κ3) is 6.00. The van der Waals surface area contributed by atoms with Crippen molar-refractivity contribution in [1.82, 2.24) is 25.8 Å². The third-order valence-electron chi connectivity index (χ3n) is 4.59. The van der Waals surface area contributed by atoms with Gasteiger partial charge in [0.05, 0.1) is 6.26 Å². The van der Waals surface area contributed by atoms with Crippen LogP contribution in [-0.2, 0) is 6.42 Å². The number of hydrogen-bond acceptors (Lipinski definition) is 4. The molecule has 1 aliphatic carbocycles. The van der Waals surface area contributed by atoms with E-state index in [1.54, 1.807) is 6.26 Å². The third-order valence-corrected chi connectivity index (χ3v) is 4.59. The molecule has 2 heterocycles. The summed E-state index contributed by atoms with van der Waals surface area (Å²) in [4.78, 5) is 9.13. The summed E-state index contributed by atoms with van der Waals surface area (Å²) < 4.78 is 5.31. The van der Waals surface area contributed by atoms with Crippen LogP contribution in [0.25, 0.3) is 11.6 Å². The summed E-state index contributed by atoms with van der Waals surface area (Å²) in [6.07, 6.45) is 7.37. The van der Waals surface area contributed by atoms with E-state index < -0.39 is 0 Å². The Balaban J connectivity index is 0.00000243. The van der Waals surface area contributed by atoms with E-state index in [1.165, 1.54) is 25.7 Å². The van der Waals surface area contributed by atoms with Crippen molar-refractivity contribution < 1.29 is 4.42 Å². The molecule has 0 atom stereocenters. The molecule has 1 saturated carbocycles. The number of guanidine groups is 1. The predicted molar refractivity (Wildman–Crippen MR) is 114 cm³/mol. The van der Waals surface area contributed by atoms with Crippen molar-refractivity contribution in [3.05, 3.63) is 24.2 Å². The van der Waals surface area contributed by atoms with Gasteiger partial charge in [-0.1, -0.05) is 6.92 Å². The fourth-order valence-electron chi connectivity index (χ4n) is 3.11. The van der Waals surface area contributed by atoms with E-state index >= 15 is 0 Å². The molecular weight excluding hydrogens is 443 g/mol. The van der Waals surface area contributed by atoms with Gasteiger partial charge in [0.1, 0.15) is 5.82 Å². The normalized spacial score (nSPS) is 20.5. The van der Waals surface area contributed by atoms with E-state index in [-0.39, 0.29) is 24.0 Å². The van der Waals surface area contributed by atoms with Gasteiger partial charge in [-0.15, -0.1) is 24.0 Å². The predicted octanol–water partition coefficient (Wildman–Crippen LogP) is 3.36. The zero-order chi connectivity index (χ0) is 17.5. The fourth-order valence-corrected chi connectivity index (χ4v) is 3.11. The molecule has 0 unspecified atom stereocenters. The lowest BCUT2D eigenvalue weighted by Crippen LogP contribution is -2.44. The summed E-state index contributed by atoms with van der Waals surface area (Å²) in [5.41, 5.74) is 0. The standard InChI is InChI=1S/C18H28N6O.HI/c1-3-19-18(21-14-8-6-13(2)7-9-14)20-11-10-16-22-17(24-23-16)15-5-4-12-25-15;/h4-5,12-14H,3,6-11H2,1-2H3,(H2,19,20,21)(H,22,23,24);1H. The van der Waals surface area contributed by atoms with Gasteiger partial charge in [0, 0.05) is 25.6 Å². The Labute approximate surface area is 171 Å². The van der Waals surface area contributed by atoms with Gasteiger partial charge >= 0.3 is 0 Å². The molecule has 26 heavy (non-hydrogen) atoms. The first kappa shape index (κ1) is 20.7. The summed E-state index contributed by atoms with van der Waals surface area (Å²) in [6.45, 7) is 5.95. The van der Waals surface area contributed by atoms with Crippen LogP contribution in [0.15, 0.2) is 27.8 Å². The molecule has 0 radical (unpaired) electrons. The number of H-pyrrole nitrogens is 1. The summed E-state index contributed by atoms with van der Waals surface area (Å²) in [7, 11) is 0. The fraction of sp³-hybridized carbons (Fsp3) is 0.611. The van der Waals surface area contributed by atoms with Crippen LogP contribution in [0.3, 0.4) is 0 Å². The number of aromatic nitrogens is 3. The van der Waals surface area contributed by atoms with Crippen LogP contribution in [-0.4, -0.2) is 40.3 Å². The van der Waals surface area contributed by atoms with Crippen LogP contribution in [0.5, 0.6) is 0 Å². The Morgan fingerprint density at radius 1 is 1.35 bits per heavy atom. The maximum absolute atomic E-state index is 5.31. The molecule has 0 bridgehead atoms. The van der Waals surface area contributed by atoms with E-state index in [4.69, 9.17) is 4.42 Å². The van der Waals surface area contributed by atoms with Gasteiger partial charge in [-0.25, -0.2) is 4.98 Å². The number of rotatable bonds is 6. The molecule has 0 amide bonds. The molecule has 1 aliphatic rings. The van der Waals surface area contributed by atoms with Gasteiger partial charge < -0.3 is 15.1 Å². The van der Waals surface area contributed by atoms with Crippen molar-refractivity contribution in [2.75, 3.05) is 13.1 Å². The number of aliphatic imine (C=N–C) groups is 1. The van der Waals surface area contributed by atoms with Gasteiger partial charge in [-0.05, 0) is 50.7 Å². The lowest BCUT2D eigenvalue weighted by molar-refractivity contribution is 0.329. The van der Waals surface area contributed by atoms with Gasteiger partial charge in [0.25, 0.3) is 0 Å². The van der Waals surface area contributed by atoms with Crippen LogP contribution in [0.1, 0.15) is 45.4 Å². The van der Waals surface area contributed by atoms with E-state index in [2.05, 4.69) is 44.7 Å². The van der Waals surface area contributed by atoms with Gasteiger partial charge in [0.2, 0.25) is 5.82 Å². The van der Waals surface area contributed by atoms with Crippen LogP contribution in [0.4, 0.5) is 0 Å². The zero-order valence-corrected chi connectivity index (χ0v) is 17.8. The second-order valence-electron chi connectivity index (χ2n) is 6.69. The second kappa shape index (κ2) is 10.5. The zero-order valence-electron chi connectivity index (χ0n) is 15.5. The number of halogens is 1. The molecule has 8 heteroatoms. The molecule has 1 fully saturated rings. The van der Waals surface area contributed by atoms with E-state index in [1.807, 2.05) is 12.1 Å². The first-order chi connectivity index (χ1) is 12.2. The SMILES string of the molecule is CCNC(=NCCc1nc(-c2ccco2)n[nH]1)NC1CCC(C)CC1.I. The molecule has 2 aromatic heterocycles. The maximum atomic E-state index is 5.31. The summed E-state index contributed by atoms with van der Waals surface area (Å²) in [6, 6.07) is 4.21. The minimum Gasteiger partial charge on any atom is -0.461 e. The largest absolute Gasteiger partial charge is 0.461 e. The van der Waals surface area contributed by atoms with E-state index in [0.29, 0.717) is 30.6 Å². The Bertz CT molecular complexity index is 661. The number of aromatic amines is 1. The second-order valence-corrected chi connectivity index (χ2v) is 6.69. The van der Waals surface area contributed by atoms with Crippen molar-refractivity contribution in [2.24, 2.45) is 10.9 Å². The topological polar surface area (TPSA) is 91.1 Å². The lowest BCUT2D eigenvalue weighted by atomic mass is 9.87. The molecule has 7 nitrogen and oxygen atoms in total. The molecule has 0 aromatic carbocycles. The van der Waals surface area contributed by atoms with E-state index in [0.717, 1.165) is 24.2 Å². The van der Waals surface area contributed by atoms with Crippen molar-refractivity contribution in [3.63, 3.8) is 0 Å². The van der Waals surface area contributed by atoms with Crippen molar-refractivity contribution in [1.29, 1.82) is 0 Å². The summed E-state index contributed by atoms with van der Waals surface area (Å²) in [5, 5.41) is 14.0. The molecule has 3 N–H and O–H groups in total. The molecule has 144 valence electrons. The van der Waals surface area contributed by atoms with Crippen molar-refractivity contribution in [2.45, 2.75) is 52.0 Å². The Morgan fingerprint density at radius 3 is 2.85 bits per heavy atom. The van der Waals surface area contributed by atoms with Crippen LogP contribution in [0.2, 0.25) is 0 Å². The van der Waals surface area contributed by atoms with Crippen molar-refractivity contribution >= 4 is 29.9 Å². The lowest BCUT2D eigenvalue weighted by Gasteiger charge is -2.28. The molecule has 0 aliphatic heterocycles. The molecule has 2 aromatic rings. The van der Waals surface area contributed by atoms with Gasteiger partial charge in [0.15, 0.2) is 11.7 Å². The number of nitrogens with one attached hydrogen (secondary N) is 3. The smallest absolute Gasteiger partial charge is 0.216 e. The average molecular weight is 472 g/mol. The highest BCUT2D eigenvalue weighted by Crippen LogP contribution is 2.23. The molecule has 0 spiro atoms. The minimum atomic E-state index is 0. The van der Waals surface area contributed by atoms with E-state index in [9.17, 15) is 0 Å². The summed E-state index contributed by atoms with van der Waals surface area (Å²) >= 11 is 0. The number of nitrogens with zero attached hydrogens (tertiary/aromatic N) is 3. The number of furan rings is 1. The first-order valence-electron chi connectivity index (χ1n) is 9.24. The van der Waals surface area contributed by atoms with Gasteiger partial charge in [-0.2, -0.15) is 5.10 Å². The van der Waals surface area contributed by atoms with Crippen LogP contribution >= 0.6 is 24.0 Å². The first-order valence-corrected chi connectivity index (χ1v) is 9.24. The van der Waals surface area contributed by atoms with Crippen LogP contribution < -0.4 is 10.6 Å². The Kier molecular flexibility index (Phi) is 8.40. The molecule has 3 rings (SSSR count). The van der Waals surface area contributed by atoms with Crippen molar-refractivity contribution in [3.8, 4) is 11.6 Å². The molecule has 0 saturated heterocycles. The Morgan fingerprint density at radius 2 is 2.15 bits per heavy atom. The van der Waals surface area contributed by atoms with Gasteiger partial charge in [-0.3, -0.25) is 10.1 Å². The highest BCUT2D eigenvalue weighted by atomic mass is 127. The molecular formula is C18H29IN6O. The minimum absolute atomic E-state index is 0. The Hall–Kier alpha value is -1.58. The quantitative estimate of drug-likeness (QED) is 0.341. The highest BCUT2D eigenvalue weighted by Gasteiger charge is 2.18. The van der Waals surface area contributed by atoms with Crippen LogP contribution in [0, 0.1) is 5.92 Å². The monoisotopic (exact) mass is 472 g/mol. The average Bonchev–Trinajstić information content (AvgIpc) is 3.28.